The van der Waals surface area contributed by atoms with Crippen molar-refractivity contribution >= 4 is 27.5 Å². The largest absolute Gasteiger partial charge is 0.352 e. The van der Waals surface area contributed by atoms with Gasteiger partial charge in [0.2, 0.25) is 21.8 Å². The maximum absolute atomic E-state index is 13.7. The van der Waals surface area contributed by atoms with Crippen molar-refractivity contribution < 1.29 is 22.4 Å². The Morgan fingerprint density at radius 2 is 1.54 bits per heavy atom. The molecule has 0 fully saturated rings. The molecular weight excluding hydrogens is 493 g/mol. The van der Waals surface area contributed by atoms with Gasteiger partial charge < -0.3 is 10.2 Å². The highest BCUT2D eigenvalue weighted by atomic mass is 32.2. The van der Waals surface area contributed by atoms with Crippen LogP contribution in [0.2, 0.25) is 0 Å². The molecule has 0 aliphatic heterocycles. The van der Waals surface area contributed by atoms with Crippen LogP contribution in [0.3, 0.4) is 0 Å². The summed E-state index contributed by atoms with van der Waals surface area (Å²) < 4.78 is 40.1. The van der Waals surface area contributed by atoms with Gasteiger partial charge in [0.1, 0.15) is 18.4 Å². The number of rotatable bonds is 11. The fraction of sp³-hybridized carbons (Fsp3) is 0.500. The van der Waals surface area contributed by atoms with E-state index in [0.29, 0.717) is 17.7 Å². The standard InChI is InChI=1S/C28H40FN3O4S/c1-8-20(3)30-27(34)25(9-2)31(18-21-10-14-23(29)15-11-21)26(33)19-32(37(7,35)36)24-16-12-22(13-17-24)28(4,5)6/h10-17,20,25H,8-9,18-19H2,1-7H3,(H,30,34)/t20-,25+/m1/s1. The average Bonchev–Trinajstić information content (AvgIpc) is 2.82. The molecule has 0 saturated heterocycles. The van der Waals surface area contributed by atoms with Crippen molar-refractivity contribution in [3.8, 4) is 0 Å². The molecule has 0 aromatic heterocycles. The zero-order valence-electron chi connectivity index (χ0n) is 22.9. The van der Waals surface area contributed by atoms with E-state index < -0.39 is 34.3 Å². The van der Waals surface area contributed by atoms with Crippen LogP contribution in [0.1, 0.15) is 65.5 Å². The normalized spacial score (nSPS) is 13.5. The second kappa shape index (κ2) is 12.5. The number of carbonyl (C=O) groups excluding carboxylic acids is 2. The molecule has 0 unspecified atom stereocenters. The van der Waals surface area contributed by atoms with Crippen LogP contribution < -0.4 is 9.62 Å². The van der Waals surface area contributed by atoms with Crippen LogP contribution in [0.25, 0.3) is 0 Å². The van der Waals surface area contributed by atoms with Crippen LogP contribution >= 0.6 is 0 Å². The summed E-state index contributed by atoms with van der Waals surface area (Å²) in [6, 6.07) is 11.8. The number of hydrogen-bond acceptors (Lipinski definition) is 4. The number of nitrogens with one attached hydrogen (secondary N) is 1. The summed E-state index contributed by atoms with van der Waals surface area (Å²) in [5.74, 6) is -1.25. The third-order valence-electron chi connectivity index (χ3n) is 6.35. The Morgan fingerprint density at radius 1 is 0.973 bits per heavy atom. The van der Waals surface area contributed by atoms with Crippen LogP contribution in [-0.4, -0.2) is 50.0 Å². The highest BCUT2D eigenvalue weighted by molar-refractivity contribution is 7.92. The Morgan fingerprint density at radius 3 is 2.00 bits per heavy atom. The van der Waals surface area contributed by atoms with Gasteiger partial charge in [0.25, 0.3) is 0 Å². The topological polar surface area (TPSA) is 86.8 Å². The quantitative estimate of drug-likeness (QED) is 0.457. The van der Waals surface area contributed by atoms with E-state index in [9.17, 15) is 22.4 Å². The molecule has 2 amide bonds. The van der Waals surface area contributed by atoms with Crippen LogP contribution in [0, 0.1) is 5.82 Å². The Labute approximate surface area is 221 Å². The summed E-state index contributed by atoms with van der Waals surface area (Å²) in [5, 5.41) is 2.92. The maximum atomic E-state index is 13.7. The van der Waals surface area contributed by atoms with Gasteiger partial charge >= 0.3 is 0 Å². The second-order valence-electron chi connectivity index (χ2n) is 10.5. The lowest BCUT2D eigenvalue weighted by Crippen LogP contribution is -2.53. The van der Waals surface area contributed by atoms with Crippen LogP contribution in [0.15, 0.2) is 48.5 Å². The molecule has 0 radical (unpaired) electrons. The van der Waals surface area contributed by atoms with Gasteiger partial charge in [-0.05, 0) is 60.6 Å². The first kappa shape index (κ1) is 30.3. The third-order valence-corrected chi connectivity index (χ3v) is 7.49. The molecule has 9 heteroatoms. The molecule has 7 nitrogen and oxygen atoms in total. The summed E-state index contributed by atoms with van der Waals surface area (Å²) in [5.41, 5.74) is 1.91. The SMILES string of the molecule is CC[C@@H](C)NC(=O)[C@H](CC)N(Cc1ccc(F)cc1)C(=O)CN(c1ccc(C(C)(C)C)cc1)S(C)(=O)=O. The van der Waals surface area contributed by atoms with Crippen molar-refractivity contribution in [3.05, 3.63) is 65.5 Å². The third kappa shape index (κ3) is 8.55. The van der Waals surface area contributed by atoms with Gasteiger partial charge in [0.05, 0.1) is 11.9 Å². The molecule has 0 heterocycles. The van der Waals surface area contributed by atoms with Gasteiger partial charge in [-0.25, -0.2) is 12.8 Å². The zero-order valence-corrected chi connectivity index (χ0v) is 23.7. The molecule has 2 aromatic rings. The van der Waals surface area contributed by atoms with E-state index in [1.165, 1.54) is 17.0 Å². The lowest BCUT2D eigenvalue weighted by molar-refractivity contribution is -0.140. The highest BCUT2D eigenvalue weighted by Crippen LogP contribution is 2.26. The molecular formula is C28H40FN3O4S. The Bertz CT molecular complexity index is 1160. The van der Waals surface area contributed by atoms with Crippen LogP contribution in [0.4, 0.5) is 10.1 Å². The van der Waals surface area contributed by atoms with Gasteiger partial charge in [-0.2, -0.15) is 0 Å². The van der Waals surface area contributed by atoms with Crippen molar-refractivity contribution in [1.29, 1.82) is 0 Å². The molecule has 0 spiro atoms. The summed E-state index contributed by atoms with van der Waals surface area (Å²) in [7, 11) is -3.81. The van der Waals surface area contributed by atoms with Crippen LogP contribution in [0.5, 0.6) is 0 Å². The molecule has 2 aromatic carbocycles. The van der Waals surface area contributed by atoms with Crippen molar-refractivity contribution in [2.24, 2.45) is 0 Å². The number of benzene rings is 2. The number of halogens is 1. The first-order valence-electron chi connectivity index (χ1n) is 12.6. The Kier molecular flexibility index (Phi) is 10.3. The number of sulfonamides is 1. The van der Waals surface area contributed by atoms with Crippen LogP contribution in [-0.2, 0) is 31.6 Å². The highest BCUT2D eigenvalue weighted by Gasteiger charge is 2.32. The molecule has 204 valence electrons. The first-order chi connectivity index (χ1) is 17.2. The minimum atomic E-state index is -3.81. The minimum Gasteiger partial charge on any atom is -0.352 e. The molecule has 0 aliphatic rings. The van der Waals surface area contributed by atoms with Gasteiger partial charge in [-0.15, -0.1) is 0 Å². The van der Waals surface area contributed by atoms with E-state index in [1.807, 2.05) is 26.0 Å². The van der Waals surface area contributed by atoms with Gasteiger partial charge in [-0.1, -0.05) is 58.9 Å². The monoisotopic (exact) mass is 533 g/mol. The van der Waals surface area contributed by atoms with E-state index in [2.05, 4.69) is 26.1 Å². The second-order valence-corrected chi connectivity index (χ2v) is 12.4. The van der Waals surface area contributed by atoms with E-state index in [-0.39, 0.29) is 23.9 Å². The molecule has 0 bridgehead atoms. The van der Waals surface area contributed by atoms with Gasteiger partial charge in [0, 0.05) is 12.6 Å². The molecule has 0 aliphatic carbocycles. The van der Waals surface area contributed by atoms with Crippen molar-refractivity contribution in [1.82, 2.24) is 10.2 Å². The number of amides is 2. The van der Waals surface area contributed by atoms with Crippen molar-refractivity contribution in [2.45, 2.75) is 78.4 Å². The van der Waals surface area contributed by atoms with E-state index in [4.69, 9.17) is 0 Å². The summed E-state index contributed by atoms with van der Waals surface area (Å²) in [6.45, 7) is 11.4. The number of hydrogen-bond donors (Lipinski definition) is 1. The molecule has 1 N–H and O–H groups in total. The molecule has 2 rings (SSSR count). The smallest absolute Gasteiger partial charge is 0.244 e. The fourth-order valence-corrected chi connectivity index (χ4v) is 4.74. The Hall–Kier alpha value is -2.94. The summed E-state index contributed by atoms with van der Waals surface area (Å²) in [6.07, 6.45) is 2.10. The summed E-state index contributed by atoms with van der Waals surface area (Å²) in [4.78, 5) is 28.2. The fourth-order valence-electron chi connectivity index (χ4n) is 3.89. The molecule has 0 saturated carbocycles. The minimum absolute atomic E-state index is 0.0338. The predicted octanol–water partition coefficient (Wildman–Crippen LogP) is 4.61. The van der Waals surface area contributed by atoms with Crippen molar-refractivity contribution in [2.75, 3.05) is 17.1 Å². The lowest BCUT2D eigenvalue weighted by Gasteiger charge is -2.33. The van der Waals surface area contributed by atoms with Gasteiger partial charge in [-0.3, -0.25) is 13.9 Å². The number of carbonyl (C=O) groups is 2. The van der Waals surface area contributed by atoms with E-state index >= 15 is 0 Å². The first-order valence-corrected chi connectivity index (χ1v) is 14.4. The zero-order chi connectivity index (χ0) is 28.0. The predicted molar refractivity (Wildman–Crippen MR) is 146 cm³/mol. The lowest BCUT2D eigenvalue weighted by atomic mass is 9.87. The maximum Gasteiger partial charge on any atom is 0.244 e. The van der Waals surface area contributed by atoms with E-state index in [0.717, 1.165) is 22.5 Å². The molecule has 37 heavy (non-hydrogen) atoms. The van der Waals surface area contributed by atoms with Crippen molar-refractivity contribution in [3.63, 3.8) is 0 Å². The Balaban J connectivity index is 2.44. The average molecular weight is 534 g/mol. The van der Waals surface area contributed by atoms with E-state index in [1.54, 1.807) is 31.2 Å². The number of anilines is 1. The number of nitrogens with zero attached hydrogens (tertiary/aromatic N) is 2. The molecule has 2 atom stereocenters. The van der Waals surface area contributed by atoms with Gasteiger partial charge in [0.15, 0.2) is 0 Å². The summed E-state index contributed by atoms with van der Waals surface area (Å²) >= 11 is 0.